The standard InChI is InChI=1S/C10H14O3/c11-8(7-3-4-7)10(9(12)13)5-1-2-6-10/h7H,1-6H2,(H,12,13). The van der Waals surface area contributed by atoms with Gasteiger partial charge in [-0.15, -0.1) is 0 Å². The van der Waals surface area contributed by atoms with Gasteiger partial charge in [0.2, 0.25) is 0 Å². The Hall–Kier alpha value is -0.860. The molecule has 0 atom stereocenters. The topological polar surface area (TPSA) is 54.4 Å². The van der Waals surface area contributed by atoms with Crippen molar-refractivity contribution >= 4 is 11.8 Å². The van der Waals surface area contributed by atoms with Gasteiger partial charge in [0.1, 0.15) is 5.41 Å². The first-order valence-electron chi connectivity index (χ1n) is 4.94. The molecular formula is C10H14O3. The number of hydrogen-bond acceptors (Lipinski definition) is 2. The zero-order valence-corrected chi connectivity index (χ0v) is 7.58. The van der Waals surface area contributed by atoms with E-state index in [0.29, 0.717) is 12.8 Å². The highest BCUT2D eigenvalue weighted by atomic mass is 16.4. The van der Waals surface area contributed by atoms with Crippen molar-refractivity contribution in [3.8, 4) is 0 Å². The summed E-state index contributed by atoms with van der Waals surface area (Å²) in [6.07, 6.45) is 4.74. The largest absolute Gasteiger partial charge is 0.480 e. The van der Waals surface area contributed by atoms with Gasteiger partial charge in [0.05, 0.1) is 0 Å². The van der Waals surface area contributed by atoms with Crippen LogP contribution in [-0.4, -0.2) is 16.9 Å². The maximum Gasteiger partial charge on any atom is 0.317 e. The van der Waals surface area contributed by atoms with Gasteiger partial charge in [-0.25, -0.2) is 0 Å². The van der Waals surface area contributed by atoms with E-state index in [1.807, 2.05) is 0 Å². The van der Waals surface area contributed by atoms with Crippen molar-refractivity contribution in [3.05, 3.63) is 0 Å². The summed E-state index contributed by atoms with van der Waals surface area (Å²) in [6, 6.07) is 0. The van der Waals surface area contributed by atoms with E-state index in [2.05, 4.69) is 0 Å². The van der Waals surface area contributed by atoms with Crippen molar-refractivity contribution in [1.29, 1.82) is 0 Å². The molecule has 13 heavy (non-hydrogen) atoms. The molecule has 2 fully saturated rings. The van der Waals surface area contributed by atoms with E-state index in [1.165, 1.54) is 0 Å². The second-order valence-corrected chi connectivity index (χ2v) is 4.23. The molecule has 3 heteroatoms. The average Bonchev–Trinajstić information content (AvgIpc) is 2.81. The van der Waals surface area contributed by atoms with Gasteiger partial charge in [-0.1, -0.05) is 12.8 Å². The highest BCUT2D eigenvalue weighted by molar-refractivity contribution is 6.05. The van der Waals surface area contributed by atoms with Gasteiger partial charge in [-0.3, -0.25) is 9.59 Å². The molecule has 2 aliphatic carbocycles. The lowest BCUT2D eigenvalue weighted by Gasteiger charge is -2.21. The number of ketones is 1. The Bertz CT molecular complexity index is 247. The predicted octanol–water partition coefficient (Wildman–Crippen LogP) is 1.61. The van der Waals surface area contributed by atoms with Crippen LogP contribution in [0.3, 0.4) is 0 Å². The third kappa shape index (κ3) is 1.26. The zero-order valence-electron chi connectivity index (χ0n) is 7.58. The van der Waals surface area contributed by atoms with Crippen molar-refractivity contribution < 1.29 is 14.7 Å². The Morgan fingerprint density at radius 3 is 2.08 bits per heavy atom. The minimum atomic E-state index is -0.985. The minimum absolute atomic E-state index is 0.0116. The lowest BCUT2D eigenvalue weighted by molar-refractivity contribution is -0.155. The molecule has 2 aliphatic rings. The van der Waals surface area contributed by atoms with Gasteiger partial charge < -0.3 is 5.11 Å². The molecule has 0 radical (unpaired) electrons. The van der Waals surface area contributed by atoms with Crippen LogP contribution < -0.4 is 0 Å². The van der Waals surface area contributed by atoms with Gasteiger partial charge in [0.15, 0.2) is 5.78 Å². The van der Waals surface area contributed by atoms with Crippen LogP contribution in [0.4, 0.5) is 0 Å². The van der Waals surface area contributed by atoms with E-state index in [1.54, 1.807) is 0 Å². The summed E-state index contributed by atoms with van der Waals surface area (Å²) in [6.45, 7) is 0. The number of Topliss-reactive ketones (excluding diaryl/α,β-unsaturated/α-hetero) is 1. The second kappa shape index (κ2) is 2.82. The van der Waals surface area contributed by atoms with Crippen molar-refractivity contribution in [2.75, 3.05) is 0 Å². The number of aliphatic carboxylic acids is 1. The number of carbonyl (C=O) groups excluding carboxylic acids is 1. The molecular weight excluding hydrogens is 168 g/mol. The molecule has 0 saturated heterocycles. The summed E-state index contributed by atoms with van der Waals surface area (Å²) in [4.78, 5) is 22.9. The van der Waals surface area contributed by atoms with Crippen LogP contribution in [0, 0.1) is 11.3 Å². The average molecular weight is 182 g/mol. The van der Waals surface area contributed by atoms with Crippen molar-refractivity contribution in [2.45, 2.75) is 38.5 Å². The third-order valence-corrected chi connectivity index (χ3v) is 3.29. The Morgan fingerprint density at radius 2 is 1.69 bits per heavy atom. The molecule has 72 valence electrons. The van der Waals surface area contributed by atoms with Gasteiger partial charge in [0.25, 0.3) is 0 Å². The number of carboxylic acids is 1. The Morgan fingerprint density at radius 1 is 1.15 bits per heavy atom. The molecule has 1 N–H and O–H groups in total. The molecule has 0 aromatic carbocycles. The van der Waals surface area contributed by atoms with E-state index in [9.17, 15) is 9.59 Å². The van der Waals surface area contributed by atoms with Crippen LogP contribution in [0.1, 0.15) is 38.5 Å². The van der Waals surface area contributed by atoms with Gasteiger partial charge in [0, 0.05) is 5.92 Å². The lowest BCUT2D eigenvalue weighted by atomic mass is 9.79. The van der Waals surface area contributed by atoms with Gasteiger partial charge in [-0.05, 0) is 25.7 Å². The van der Waals surface area contributed by atoms with Crippen LogP contribution in [0.15, 0.2) is 0 Å². The van der Waals surface area contributed by atoms with Crippen LogP contribution >= 0.6 is 0 Å². The molecule has 0 amide bonds. The number of carboxylic acid groups (broad SMARTS) is 1. The maximum atomic E-state index is 11.8. The molecule has 3 nitrogen and oxygen atoms in total. The predicted molar refractivity (Wildman–Crippen MR) is 46.3 cm³/mol. The van der Waals surface area contributed by atoms with Gasteiger partial charge in [-0.2, -0.15) is 0 Å². The summed E-state index contributed by atoms with van der Waals surface area (Å²) in [7, 11) is 0. The summed E-state index contributed by atoms with van der Waals surface area (Å²) in [5.41, 5.74) is -0.985. The number of rotatable bonds is 3. The quantitative estimate of drug-likeness (QED) is 0.674. The van der Waals surface area contributed by atoms with Crippen LogP contribution in [0.5, 0.6) is 0 Å². The SMILES string of the molecule is O=C(O)C1(C(=O)C2CC2)CCCC1. The third-order valence-electron chi connectivity index (χ3n) is 3.29. The normalized spacial score (nSPS) is 25.8. The fourth-order valence-corrected chi connectivity index (χ4v) is 2.28. The highest BCUT2D eigenvalue weighted by Gasteiger charge is 2.52. The molecule has 0 spiro atoms. The molecule has 0 aromatic heterocycles. The van der Waals surface area contributed by atoms with Gasteiger partial charge >= 0.3 is 5.97 Å². The minimum Gasteiger partial charge on any atom is -0.480 e. The molecule has 0 heterocycles. The van der Waals surface area contributed by atoms with E-state index in [-0.39, 0.29) is 11.7 Å². The molecule has 0 aromatic rings. The Balaban J connectivity index is 2.21. The van der Waals surface area contributed by atoms with Crippen LogP contribution in [0.25, 0.3) is 0 Å². The van der Waals surface area contributed by atoms with E-state index < -0.39 is 11.4 Å². The lowest BCUT2D eigenvalue weighted by Crippen LogP contribution is -2.37. The van der Waals surface area contributed by atoms with Crippen LogP contribution in [-0.2, 0) is 9.59 Å². The Kier molecular flexibility index (Phi) is 1.90. The fraction of sp³-hybridized carbons (Fsp3) is 0.800. The van der Waals surface area contributed by atoms with Crippen molar-refractivity contribution in [2.24, 2.45) is 11.3 Å². The summed E-state index contributed by atoms with van der Waals surface area (Å²) >= 11 is 0. The molecule has 2 rings (SSSR count). The van der Waals surface area contributed by atoms with E-state index in [4.69, 9.17) is 5.11 Å². The molecule has 0 bridgehead atoms. The maximum absolute atomic E-state index is 11.8. The molecule has 2 saturated carbocycles. The fourth-order valence-electron chi connectivity index (χ4n) is 2.28. The summed E-state index contributed by atoms with van der Waals surface area (Å²) in [5, 5.41) is 9.09. The number of hydrogen-bond donors (Lipinski definition) is 1. The Labute approximate surface area is 77.1 Å². The first kappa shape index (κ1) is 8.73. The molecule has 0 unspecified atom stereocenters. The van der Waals surface area contributed by atoms with E-state index >= 15 is 0 Å². The number of carbonyl (C=O) groups is 2. The first-order valence-corrected chi connectivity index (χ1v) is 4.94. The summed E-state index contributed by atoms with van der Waals surface area (Å²) in [5.74, 6) is -0.798. The monoisotopic (exact) mass is 182 g/mol. The van der Waals surface area contributed by atoms with Crippen molar-refractivity contribution in [3.63, 3.8) is 0 Å². The molecule has 0 aliphatic heterocycles. The highest BCUT2D eigenvalue weighted by Crippen LogP contribution is 2.46. The first-order chi connectivity index (χ1) is 6.17. The zero-order chi connectivity index (χ0) is 9.47. The van der Waals surface area contributed by atoms with E-state index in [0.717, 1.165) is 25.7 Å². The van der Waals surface area contributed by atoms with Crippen LogP contribution in [0.2, 0.25) is 0 Å². The smallest absolute Gasteiger partial charge is 0.317 e. The van der Waals surface area contributed by atoms with Crippen molar-refractivity contribution in [1.82, 2.24) is 0 Å². The second-order valence-electron chi connectivity index (χ2n) is 4.23. The summed E-state index contributed by atoms with van der Waals surface area (Å²) < 4.78 is 0.